The third-order valence-electron chi connectivity index (χ3n) is 2.88. The predicted octanol–water partition coefficient (Wildman–Crippen LogP) is 2.43. The van der Waals surface area contributed by atoms with E-state index in [4.69, 9.17) is 15.4 Å². The summed E-state index contributed by atoms with van der Waals surface area (Å²) in [7, 11) is 3.35. The van der Waals surface area contributed by atoms with Crippen LogP contribution in [0, 0.1) is 0 Å². The van der Waals surface area contributed by atoms with Crippen molar-refractivity contribution in [2.45, 2.75) is 32.6 Å². The fraction of sp³-hybridized carbons (Fsp3) is 0.571. The average Bonchev–Trinajstić information content (AvgIpc) is 2.33. The molecule has 0 spiro atoms. The molecule has 0 bridgehead atoms. The van der Waals surface area contributed by atoms with E-state index in [9.17, 15) is 0 Å². The molecule has 0 amide bonds. The van der Waals surface area contributed by atoms with Crippen molar-refractivity contribution in [3.63, 3.8) is 0 Å². The van der Waals surface area contributed by atoms with E-state index >= 15 is 0 Å². The Balaban J connectivity index is 3.30. The number of hydrogen-bond acceptors (Lipinski definition) is 4. The topological polar surface area (TPSA) is 53.7 Å². The summed E-state index contributed by atoms with van der Waals surface area (Å²) in [4.78, 5) is 4.65. The molecule has 0 unspecified atom stereocenters. The van der Waals surface area contributed by atoms with E-state index in [-0.39, 0.29) is 5.41 Å². The Labute approximate surface area is 109 Å². The van der Waals surface area contributed by atoms with Gasteiger partial charge in [-0.3, -0.25) is 0 Å². The molecule has 1 aromatic rings. The third-order valence-corrected chi connectivity index (χ3v) is 2.88. The van der Waals surface area contributed by atoms with Crippen molar-refractivity contribution in [3.8, 4) is 11.5 Å². The van der Waals surface area contributed by atoms with Crippen LogP contribution in [0.5, 0.6) is 11.5 Å². The van der Waals surface area contributed by atoms with E-state index in [1.54, 1.807) is 14.2 Å². The second-order valence-corrected chi connectivity index (χ2v) is 5.24. The molecular weight excluding hydrogens is 230 g/mol. The van der Waals surface area contributed by atoms with Gasteiger partial charge in [-0.15, -0.1) is 0 Å². The normalized spacial score (nSPS) is 11.4. The maximum atomic E-state index is 5.55. The minimum absolute atomic E-state index is 0.0157. The van der Waals surface area contributed by atoms with E-state index in [0.717, 1.165) is 22.6 Å². The number of ether oxygens (including phenoxy) is 2. The van der Waals surface area contributed by atoms with Crippen molar-refractivity contribution in [1.29, 1.82) is 0 Å². The van der Waals surface area contributed by atoms with Gasteiger partial charge in [-0.1, -0.05) is 20.8 Å². The van der Waals surface area contributed by atoms with Gasteiger partial charge in [-0.25, -0.2) is 5.90 Å². The van der Waals surface area contributed by atoms with Gasteiger partial charge >= 0.3 is 0 Å². The Kier molecular flexibility index (Phi) is 4.99. The van der Waals surface area contributed by atoms with E-state index in [0.29, 0.717) is 13.0 Å². The van der Waals surface area contributed by atoms with Crippen LogP contribution in [0.1, 0.15) is 31.9 Å². The number of hydrogen-bond donors (Lipinski definition) is 1. The minimum Gasteiger partial charge on any atom is -0.497 e. The number of benzene rings is 1. The number of nitrogens with two attached hydrogens (primary N) is 1. The standard InChI is InChI=1S/C14H23NO3/c1-14(2,3)12-9-11(16-4)8-10(6-7-18-15)13(12)17-5/h8-9H,6-7,15H2,1-5H3. The molecule has 2 N–H and O–H groups in total. The summed E-state index contributed by atoms with van der Waals surface area (Å²) < 4.78 is 10.9. The lowest BCUT2D eigenvalue weighted by Crippen LogP contribution is -2.15. The van der Waals surface area contributed by atoms with E-state index < -0.39 is 0 Å². The average molecular weight is 253 g/mol. The van der Waals surface area contributed by atoms with Crippen LogP contribution in [0.2, 0.25) is 0 Å². The van der Waals surface area contributed by atoms with Gasteiger partial charge < -0.3 is 14.3 Å². The smallest absolute Gasteiger partial charge is 0.126 e. The molecule has 102 valence electrons. The highest BCUT2D eigenvalue weighted by Gasteiger charge is 2.22. The first-order valence-corrected chi connectivity index (χ1v) is 6.01. The van der Waals surface area contributed by atoms with Gasteiger partial charge in [0.15, 0.2) is 0 Å². The molecule has 1 rings (SSSR count). The van der Waals surface area contributed by atoms with Crippen molar-refractivity contribution in [3.05, 3.63) is 23.3 Å². The van der Waals surface area contributed by atoms with Crippen LogP contribution in [0.15, 0.2) is 12.1 Å². The number of methoxy groups -OCH3 is 2. The lowest BCUT2D eigenvalue weighted by molar-refractivity contribution is 0.140. The first-order valence-electron chi connectivity index (χ1n) is 6.01. The highest BCUT2D eigenvalue weighted by Crippen LogP contribution is 2.37. The molecule has 0 aliphatic rings. The molecule has 0 saturated heterocycles. The SMILES string of the molecule is COc1cc(CCON)c(OC)c(C(C)(C)C)c1. The molecule has 0 radical (unpaired) electrons. The molecule has 0 aliphatic carbocycles. The zero-order valence-corrected chi connectivity index (χ0v) is 11.9. The largest absolute Gasteiger partial charge is 0.497 e. The molecular formula is C14H23NO3. The Morgan fingerprint density at radius 1 is 1.11 bits per heavy atom. The van der Waals surface area contributed by atoms with Crippen LogP contribution >= 0.6 is 0 Å². The van der Waals surface area contributed by atoms with Crippen LogP contribution in [0.4, 0.5) is 0 Å². The Bertz CT molecular complexity index is 397. The zero-order chi connectivity index (χ0) is 13.8. The molecule has 18 heavy (non-hydrogen) atoms. The molecule has 0 saturated carbocycles. The molecule has 4 nitrogen and oxygen atoms in total. The fourth-order valence-corrected chi connectivity index (χ4v) is 1.93. The summed E-state index contributed by atoms with van der Waals surface area (Å²) in [6, 6.07) is 3.98. The summed E-state index contributed by atoms with van der Waals surface area (Å²) in [5.74, 6) is 6.81. The monoisotopic (exact) mass is 253 g/mol. The second-order valence-electron chi connectivity index (χ2n) is 5.24. The van der Waals surface area contributed by atoms with Crippen LogP contribution < -0.4 is 15.4 Å². The van der Waals surface area contributed by atoms with Crippen molar-refractivity contribution < 1.29 is 14.3 Å². The lowest BCUT2D eigenvalue weighted by Gasteiger charge is -2.25. The summed E-state index contributed by atoms with van der Waals surface area (Å²) in [5.41, 5.74) is 2.15. The third kappa shape index (κ3) is 3.37. The number of rotatable bonds is 5. The zero-order valence-electron chi connectivity index (χ0n) is 11.9. The molecule has 0 heterocycles. The van der Waals surface area contributed by atoms with Crippen LogP contribution in [-0.2, 0) is 16.7 Å². The van der Waals surface area contributed by atoms with Crippen LogP contribution in [-0.4, -0.2) is 20.8 Å². The van der Waals surface area contributed by atoms with E-state index in [1.165, 1.54) is 0 Å². The lowest BCUT2D eigenvalue weighted by atomic mass is 9.84. The van der Waals surface area contributed by atoms with Gasteiger partial charge in [0.25, 0.3) is 0 Å². The van der Waals surface area contributed by atoms with Gasteiger partial charge in [0.2, 0.25) is 0 Å². The van der Waals surface area contributed by atoms with E-state index in [1.807, 2.05) is 12.1 Å². The quantitative estimate of drug-likeness (QED) is 0.819. The summed E-state index contributed by atoms with van der Waals surface area (Å²) in [6.45, 7) is 6.89. The molecule has 0 aromatic heterocycles. The first-order chi connectivity index (χ1) is 8.43. The fourth-order valence-electron chi connectivity index (χ4n) is 1.93. The second kappa shape index (κ2) is 6.07. The van der Waals surface area contributed by atoms with Crippen molar-refractivity contribution in [1.82, 2.24) is 0 Å². The summed E-state index contributed by atoms with van der Waals surface area (Å²) in [5, 5.41) is 0. The van der Waals surface area contributed by atoms with Crippen molar-refractivity contribution in [2.24, 2.45) is 5.90 Å². The Morgan fingerprint density at radius 2 is 1.78 bits per heavy atom. The van der Waals surface area contributed by atoms with Crippen LogP contribution in [0.3, 0.4) is 0 Å². The van der Waals surface area contributed by atoms with Gasteiger partial charge in [-0.05, 0) is 17.5 Å². The minimum atomic E-state index is -0.0157. The van der Waals surface area contributed by atoms with Gasteiger partial charge in [0.1, 0.15) is 11.5 Å². The maximum Gasteiger partial charge on any atom is 0.126 e. The summed E-state index contributed by atoms with van der Waals surface area (Å²) in [6.07, 6.45) is 0.694. The highest BCUT2D eigenvalue weighted by atomic mass is 16.6. The predicted molar refractivity (Wildman–Crippen MR) is 72.1 cm³/mol. The molecule has 0 aliphatic heterocycles. The van der Waals surface area contributed by atoms with Gasteiger partial charge in [0, 0.05) is 17.5 Å². The van der Waals surface area contributed by atoms with Crippen molar-refractivity contribution in [2.75, 3.05) is 20.8 Å². The Morgan fingerprint density at radius 3 is 2.22 bits per heavy atom. The van der Waals surface area contributed by atoms with E-state index in [2.05, 4.69) is 25.6 Å². The maximum absolute atomic E-state index is 5.55. The molecule has 0 fully saturated rings. The first kappa shape index (κ1) is 14.8. The van der Waals surface area contributed by atoms with Crippen LogP contribution in [0.25, 0.3) is 0 Å². The van der Waals surface area contributed by atoms with Gasteiger partial charge in [-0.2, -0.15) is 0 Å². The van der Waals surface area contributed by atoms with Gasteiger partial charge in [0.05, 0.1) is 20.8 Å². The van der Waals surface area contributed by atoms with Crippen molar-refractivity contribution >= 4 is 0 Å². The Hall–Kier alpha value is -1.26. The molecule has 0 atom stereocenters. The highest BCUT2D eigenvalue weighted by molar-refractivity contribution is 5.50. The molecule has 1 aromatic carbocycles. The molecule has 4 heteroatoms. The summed E-state index contributed by atoms with van der Waals surface area (Å²) >= 11 is 0.